The molecule has 6 nitrogen and oxygen atoms in total. The van der Waals surface area contributed by atoms with Crippen LogP contribution >= 0.6 is 0 Å². The zero-order valence-electron chi connectivity index (χ0n) is 14.2. The first-order chi connectivity index (χ1) is 11.7. The fourth-order valence-electron chi connectivity index (χ4n) is 2.98. The Hall–Kier alpha value is -2.34. The number of hydrogen-bond acceptors (Lipinski definition) is 4. The number of carbonyl (C=O) groups is 1. The van der Waals surface area contributed by atoms with Crippen molar-refractivity contribution in [3.8, 4) is 0 Å². The predicted molar refractivity (Wildman–Crippen MR) is 94.9 cm³/mol. The van der Waals surface area contributed by atoms with Gasteiger partial charge in [0.05, 0.1) is 6.20 Å². The van der Waals surface area contributed by atoms with Crippen molar-refractivity contribution in [1.82, 2.24) is 20.4 Å². The van der Waals surface area contributed by atoms with Crippen LogP contribution in [-0.2, 0) is 11.3 Å². The quantitative estimate of drug-likeness (QED) is 0.790. The number of H-pyrrole nitrogens is 1. The summed E-state index contributed by atoms with van der Waals surface area (Å²) in [4.78, 5) is 16.6. The number of hydrogen-bond donors (Lipinski definition) is 2. The number of aryl methyl sites for hydroxylation is 1. The molecule has 1 aliphatic heterocycles. The zero-order valence-corrected chi connectivity index (χ0v) is 14.2. The van der Waals surface area contributed by atoms with E-state index in [-0.39, 0.29) is 5.91 Å². The molecule has 128 valence electrons. The Bertz CT molecular complexity index is 646. The van der Waals surface area contributed by atoms with Gasteiger partial charge in [0.2, 0.25) is 5.91 Å². The number of nitrogens with one attached hydrogen (secondary N) is 2. The lowest BCUT2D eigenvalue weighted by atomic mass is 10.2. The van der Waals surface area contributed by atoms with Crippen LogP contribution in [0.3, 0.4) is 0 Å². The van der Waals surface area contributed by atoms with Crippen molar-refractivity contribution in [3.63, 3.8) is 0 Å². The third-order valence-corrected chi connectivity index (χ3v) is 4.52. The first-order valence-corrected chi connectivity index (χ1v) is 8.51. The molecule has 2 N–H and O–H groups in total. The minimum atomic E-state index is 0.235. The SMILES string of the molecule is Cc1[nH]ncc1CNCCC(=O)N1CCN(c2ccccc2)CC1. The van der Waals surface area contributed by atoms with E-state index in [0.717, 1.165) is 44.0 Å². The first-order valence-electron chi connectivity index (χ1n) is 8.51. The van der Waals surface area contributed by atoms with E-state index < -0.39 is 0 Å². The molecule has 0 spiro atoms. The van der Waals surface area contributed by atoms with Crippen molar-refractivity contribution in [2.75, 3.05) is 37.6 Å². The molecule has 1 saturated heterocycles. The van der Waals surface area contributed by atoms with Crippen molar-refractivity contribution in [1.29, 1.82) is 0 Å². The Balaban J connectivity index is 1.37. The molecule has 2 aromatic rings. The highest BCUT2D eigenvalue weighted by Gasteiger charge is 2.20. The minimum absolute atomic E-state index is 0.235. The van der Waals surface area contributed by atoms with Gasteiger partial charge in [0, 0.05) is 62.6 Å². The number of aromatic amines is 1. The summed E-state index contributed by atoms with van der Waals surface area (Å²) in [5, 5.41) is 10.2. The number of nitrogens with zero attached hydrogens (tertiary/aromatic N) is 3. The Morgan fingerprint density at radius 1 is 1.21 bits per heavy atom. The summed E-state index contributed by atoms with van der Waals surface area (Å²) >= 11 is 0. The van der Waals surface area contributed by atoms with Crippen LogP contribution in [-0.4, -0.2) is 53.7 Å². The zero-order chi connectivity index (χ0) is 16.8. The average molecular weight is 327 g/mol. The highest BCUT2D eigenvalue weighted by molar-refractivity contribution is 5.76. The summed E-state index contributed by atoms with van der Waals surface area (Å²) in [6.45, 7) is 6.85. The number of amides is 1. The van der Waals surface area contributed by atoms with Gasteiger partial charge in [0.25, 0.3) is 0 Å². The Kier molecular flexibility index (Phi) is 5.48. The number of anilines is 1. The van der Waals surface area contributed by atoms with E-state index in [1.807, 2.05) is 24.1 Å². The van der Waals surface area contributed by atoms with Crippen LogP contribution < -0.4 is 10.2 Å². The summed E-state index contributed by atoms with van der Waals surface area (Å²) in [7, 11) is 0. The van der Waals surface area contributed by atoms with Gasteiger partial charge in [-0.3, -0.25) is 9.89 Å². The average Bonchev–Trinajstić information content (AvgIpc) is 3.04. The number of carbonyl (C=O) groups excluding carboxylic acids is 1. The number of rotatable bonds is 6. The fraction of sp³-hybridized carbons (Fsp3) is 0.444. The molecule has 3 rings (SSSR count). The van der Waals surface area contributed by atoms with Crippen LogP contribution in [0.25, 0.3) is 0 Å². The van der Waals surface area contributed by atoms with Crippen molar-refractivity contribution in [3.05, 3.63) is 47.8 Å². The second kappa shape index (κ2) is 7.97. The van der Waals surface area contributed by atoms with E-state index >= 15 is 0 Å². The number of para-hydroxylation sites is 1. The third kappa shape index (κ3) is 4.14. The topological polar surface area (TPSA) is 64.3 Å². The van der Waals surface area contributed by atoms with Crippen LogP contribution in [0.4, 0.5) is 5.69 Å². The monoisotopic (exact) mass is 327 g/mol. The highest BCUT2D eigenvalue weighted by atomic mass is 16.2. The van der Waals surface area contributed by atoms with Crippen molar-refractivity contribution in [2.45, 2.75) is 19.9 Å². The van der Waals surface area contributed by atoms with Gasteiger partial charge in [-0.05, 0) is 19.1 Å². The normalized spacial score (nSPS) is 14.9. The molecular formula is C18H25N5O. The Morgan fingerprint density at radius 2 is 1.96 bits per heavy atom. The maximum absolute atomic E-state index is 12.3. The van der Waals surface area contributed by atoms with E-state index in [4.69, 9.17) is 0 Å². The van der Waals surface area contributed by atoms with Gasteiger partial charge in [-0.1, -0.05) is 18.2 Å². The standard InChI is InChI=1S/C18H25N5O/c1-15-16(14-20-21-15)13-19-8-7-18(24)23-11-9-22(10-12-23)17-5-3-2-4-6-17/h2-6,14,19H,7-13H2,1H3,(H,20,21). The second-order valence-electron chi connectivity index (χ2n) is 6.15. The smallest absolute Gasteiger partial charge is 0.223 e. The molecule has 1 aliphatic rings. The number of piperazine rings is 1. The number of aromatic nitrogens is 2. The second-order valence-corrected chi connectivity index (χ2v) is 6.15. The van der Waals surface area contributed by atoms with E-state index in [9.17, 15) is 4.79 Å². The molecule has 0 saturated carbocycles. The molecule has 0 bridgehead atoms. The molecule has 6 heteroatoms. The van der Waals surface area contributed by atoms with E-state index in [1.165, 1.54) is 5.69 Å². The molecule has 0 radical (unpaired) electrons. The molecule has 1 amide bonds. The van der Waals surface area contributed by atoms with Gasteiger partial charge in [0.15, 0.2) is 0 Å². The molecule has 1 fully saturated rings. The van der Waals surface area contributed by atoms with Crippen LogP contribution in [0.2, 0.25) is 0 Å². The lowest BCUT2D eigenvalue weighted by Crippen LogP contribution is -2.49. The van der Waals surface area contributed by atoms with Crippen LogP contribution in [0.5, 0.6) is 0 Å². The van der Waals surface area contributed by atoms with Gasteiger partial charge >= 0.3 is 0 Å². The van der Waals surface area contributed by atoms with E-state index in [2.05, 4.69) is 44.7 Å². The van der Waals surface area contributed by atoms with Crippen LogP contribution in [0.15, 0.2) is 36.5 Å². The number of benzene rings is 1. The van der Waals surface area contributed by atoms with Gasteiger partial charge in [-0.2, -0.15) is 5.10 Å². The van der Waals surface area contributed by atoms with Gasteiger partial charge in [-0.15, -0.1) is 0 Å². The molecule has 0 atom stereocenters. The summed E-state index contributed by atoms with van der Waals surface area (Å²) in [6, 6.07) is 10.4. The molecule has 1 aromatic carbocycles. The van der Waals surface area contributed by atoms with Crippen LogP contribution in [0.1, 0.15) is 17.7 Å². The predicted octanol–water partition coefficient (Wildman–Crippen LogP) is 1.55. The molecule has 2 heterocycles. The minimum Gasteiger partial charge on any atom is -0.368 e. The summed E-state index contributed by atoms with van der Waals surface area (Å²) in [5.74, 6) is 0.235. The maximum atomic E-state index is 12.3. The molecule has 1 aromatic heterocycles. The molecule has 0 aliphatic carbocycles. The van der Waals surface area contributed by atoms with Crippen molar-refractivity contribution in [2.24, 2.45) is 0 Å². The highest BCUT2D eigenvalue weighted by Crippen LogP contribution is 2.15. The maximum Gasteiger partial charge on any atom is 0.223 e. The molecule has 24 heavy (non-hydrogen) atoms. The van der Waals surface area contributed by atoms with Gasteiger partial charge < -0.3 is 15.1 Å². The molecular weight excluding hydrogens is 302 g/mol. The summed E-state index contributed by atoms with van der Waals surface area (Å²) < 4.78 is 0. The summed E-state index contributed by atoms with van der Waals surface area (Å²) in [5.41, 5.74) is 3.46. The largest absolute Gasteiger partial charge is 0.368 e. The first kappa shape index (κ1) is 16.5. The fourth-order valence-corrected chi connectivity index (χ4v) is 2.98. The molecule has 0 unspecified atom stereocenters. The third-order valence-electron chi connectivity index (χ3n) is 4.52. The van der Waals surface area contributed by atoms with Gasteiger partial charge in [0.1, 0.15) is 0 Å². The lowest BCUT2D eigenvalue weighted by Gasteiger charge is -2.36. The van der Waals surface area contributed by atoms with Gasteiger partial charge in [-0.25, -0.2) is 0 Å². The van der Waals surface area contributed by atoms with E-state index in [1.54, 1.807) is 0 Å². The van der Waals surface area contributed by atoms with E-state index in [0.29, 0.717) is 13.0 Å². The van der Waals surface area contributed by atoms with Crippen molar-refractivity contribution < 1.29 is 4.79 Å². The Morgan fingerprint density at radius 3 is 2.62 bits per heavy atom. The van der Waals surface area contributed by atoms with Crippen molar-refractivity contribution >= 4 is 11.6 Å². The Labute approximate surface area is 142 Å². The summed E-state index contributed by atoms with van der Waals surface area (Å²) in [6.07, 6.45) is 2.37. The van der Waals surface area contributed by atoms with Crippen LogP contribution in [0, 0.1) is 6.92 Å². The lowest BCUT2D eigenvalue weighted by molar-refractivity contribution is -0.131.